The fourth-order valence-electron chi connectivity index (χ4n) is 2.77. The van der Waals surface area contributed by atoms with Gasteiger partial charge in [-0.25, -0.2) is 0 Å². The molecule has 0 aromatic heterocycles. The SMILES string of the molecule is Nc1ccc(CN2CCC3(CC2)OCCO3)c(Cl)c1. The van der Waals surface area contributed by atoms with Gasteiger partial charge in [-0.1, -0.05) is 17.7 Å². The van der Waals surface area contributed by atoms with Gasteiger partial charge in [0.05, 0.1) is 13.2 Å². The molecule has 2 aliphatic rings. The number of nitrogens with two attached hydrogens (primary N) is 1. The number of ether oxygens (including phenoxy) is 2. The predicted molar refractivity (Wildman–Crippen MR) is 75.0 cm³/mol. The van der Waals surface area contributed by atoms with Gasteiger partial charge in [0, 0.05) is 43.2 Å². The monoisotopic (exact) mass is 282 g/mol. The Balaban J connectivity index is 1.60. The molecule has 3 rings (SSSR count). The van der Waals surface area contributed by atoms with Crippen LogP contribution in [0.15, 0.2) is 18.2 Å². The standard InChI is InChI=1S/C14H19ClN2O2/c15-13-9-12(16)2-1-11(13)10-17-5-3-14(4-6-17)18-7-8-19-14/h1-2,9H,3-8,10,16H2. The maximum Gasteiger partial charge on any atom is 0.170 e. The topological polar surface area (TPSA) is 47.7 Å². The number of hydrogen-bond donors (Lipinski definition) is 1. The summed E-state index contributed by atoms with van der Waals surface area (Å²) in [6.07, 6.45) is 1.86. The Labute approximate surface area is 118 Å². The first-order valence-electron chi connectivity index (χ1n) is 6.71. The molecule has 2 fully saturated rings. The number of halogens is 1. The van der Waals surface area contributed by atoms with Crippen LogP contribution in [0, 0.1) is 0 Å². The zero-order valence-corrected chi connectivity index (χ0v) is 11.7. The van der Waals surface area contributed by atoms with E-state index < -0.39 is 0 Å². The highest BCUT2D eigenvalue weighted by molar-refractivity contribution is 6.31. The minimum Gasteiger partial charge on any atom is -0.399 e. The van der Waals surface area contributed by atoms with Gasteiger partial charge in [0.15, 0.2) is 5.79 Å². The van der Waals surface area contributed by atoms with Crippen LogP contribution in [-0.2, 0) is 16.0 Å². The molecule has 2 aliphatic heterocycles. The first kappa shape index (κ1) is 13.2. The van der Waals surface area contributed by atoms with Crippen LogP contribution in [0.5, 0.6) is 0 Å². The average Bonchev–Trinajstić information content (AvgIpc) is 2.84. The van der Waals surface area contributed by atoms with Crippen LogP contribution in [0.1, 0.15) is 18.4 Å². The molecule has 1 aromatic rings. The van der Waals surface area contributed by atoms with Crippen LogP contribution < -0.4 is 5.73 Å². The van der Waals surface area contributed by atoms with Crippen molar-refractivity contribution in [3.05, 3.63) is 28.8 Å². The van der Waals surface area contributed by atoms with Crippen molar-refractivity contribution >= 4 is 17.3 Å². The van der Waals surface area contributed by atoms with Crippen molar-refractivity contribution in [2.45, 2.75) is 25.2 Å². The smallest absolute Gasteiger partial charge is 0.170 e. The van der Waals surface area contributed by atoms with Crippen molar-refractivity contribution in [1.29, 1.82) is 0 Å². The van der Waals surface area contributed by atoms with E-state index in [9.17, 15) is 0 Å². The van der Waals surface area contributed by atoms with E-state index in [0.29, 0.717) is 5.69 Å². The normalized spacial score (nSPS) is 23.0. The maximum absolute atomic E-state index is 6.21. The molecule has 0 radical (unpaired) electrons. The third-order valence-electron chi connectivity index (χ3n) is 3.90. The lowest BCUT2D eigenvalue weighted by atomic mass is 10.0. The van der Waals surface area contributed by atoms with E-state index >= 15 is 0 Å². The molecule has 104 valence electrons. The minimum atomic E-state index is -0.304. The lowest BCUT2D eigenvalue weighted by Gasteiger charge is -2.37. The fourth-order valence-corrected chi connectivity index (χ4v) is 3.02. The van der Waals surface area contributed by atoms with Crippen molar-refractivity contribution in [3.63, 3.8) is 0 Å². The van der Waals surface area contributed by atoms with E-state index in [1.54, 1.807) is 0 Å². The summed E-state index contributed by atoms with van der Waals surface area (Å²) in [7, 11) is 0. The van der Waals surface area contributed by atoms with Gasteiger partial charge in [-0.15, -0.1) is 0 Å². The van der Waals surface area contributed by atoms with E-state index in [2.05, 4.69) is 4.90 Å². The summed E-state index contributed by atoms with van der Waals surface area (Å²) in [5, 5.41) is 0.744. The molecule has 2 heterocycles. The Hall–Kier alpha value is -0.810. The number of piperidine rings is 1. The summed E-state index contributed by atoms with van der Waals surface area (Å²) in [5.74, 6) is -0.304. The van der Waals surface area contributed by atoms with Gasteiger partial charge in [0.2, 0.25) is 0 Å². The first-order valence-corrected chi connectivity index (χ1v) is 7.09. The lowest BCUT2D eigenvalue weighted by Crippen LogP contribution is -2.44. The summed E-state index contributed by atoms with van der Waals surface area (Å²) in [4.78, 5) is 2.38. The maximum atomic E-state index is 6.21. The molecule has 2 N–H and O–H groups in total. The van der Waals surface area contributed by atoms with Crippen molar-refractivity contribution in [2.75, 3.05) is 32.0 Å². The highest BCUT2D eigenvalue weighted by Crippen LogP contribution is 2.32. The molecular formula is C14H19ClN2O2. The number of rotatable bonds is 2. The van der Waals surface area contributed by atoms with Crippen LogP contribution in [0.25, 0.3) is 0 Å². The van der Waals surface area contributed by atoms with E-state index in [1.807, 2.05) is 18.2 Å². The third kappa shape index (κ3) is 2.87. The first-order chi connectivity index (χ1) is 9.17. The fraction of sp³-hybridized carbons (Fsp3) is 0.571. The molecule has 5 heteroatoms. The van der Waals surface area contributed by atoms with Crippen LogP contribution >= 0.6 is 11.6 Å². The molecule has 0 bridgehead atoms. The summed E-state index contributed by atoms with van der Waals surface area (Å²) in [5.41, 5.74) is 7.54. The molecule has 4 nitrogen and oxygen atoms in total. The van der Waals surface area contributed by atoms with Crippen LogP contribution in [0.2, 0.25) is 5.02 Å². The summed E-state index contributed by atoms with van der Waals surface area (Å²) in [6.45, 7) is 4.25. The van der Waals surface area contributed by atoms with E-state index in [0.717, 1.165) is 56.3 Å². The zero-order chi connectivity index (χ0) is 13.3. The Kier molecular flexibility index (Phi) is 3.67. The number of benzene rings is 1. The number of nitrogens with zero attached hydrogens (tertiary/aromatic N) is 1. The second kappa shape index (κ2) is 5.29. The molecule has 0 unspecified atom stereocenters. The molecule has 2 saturated heterocycles. The molecular weight excluding hydrogens is 264 g/mol. The Morgan fingerprint density at radius 3 is 2.53 bits per heavy atom. The number of likely N-dealkylation sites (tertiary alicyclic amines) is 1. The lowest BCUT2D eigenvalue weighted by molar-refractivity contribution is -0.185. The molecule has 0 atom stereocenters. The Bertz CT molecular complexity index is 451. The van der Waals surface area contributed by atoms with Crippen LogP contribution in [-0.4, -0.2) is 37.0 Å². The zero-order valence-electron chi connectivity index (χ0n) is 10.9. The van der Waals surface area contributed by atoms with Gasteiger partial charge < -0.3 is 15.2 Å². The molecule has 0 amide bonds. The van der Waals surface area contributed by atoms with Crippen molar-refractivity contribution < 1.29 is 9.47 Å². The van der Waals surface area contributed by atoms with Crippen molar-refractivity contribution in [3.8, 4) is 0 Å². The number of nitrogen functional groups attached to an aromatic ring is 1. The summed E-state index contributed by atoms with van der Waals surface area (Å²) >= 11 is 6.21. The Morgan fingerprint density at radius 1 is 1.21 bits per heavy atom. The van der Waals surface area contributed by atoms with Gasteiger partial charge in [-0.05, 0) is 17.7 Å². The second-order valence-electron chi connectivity index (χ2n) is 5.23. The van der Waals surface area contributed by atoms with Crippen molar-refractivity contribution in [1.82, 2.24) is 4.90 Å². The van der Waals surface area contributed by atoms with Gasteiger partial charge in [-0.2, -0.15) is 0 Å². The summed E-state index contributed by atoms with van der Waals surface area (Å²) in [6, 6.07) is 5.71. The number of hydrogen-bond acceptors (Lipinski definition) is 4. The quantitative estimate of drug-likeness (QED) is 0.846. The van der Waals surface area contributed by atoms with E-state index in [1.165, 1.54) is 0 Å². The molecule has 0 saturated carbocycles. The van der Waals surface area contributed by atoms with Gasteiger partial charge in [-0.3, -0.25) is 4.90 Å². The van der Waals surface area contributed by atoms with Crippen LogP contribution in [0.3, 0.4) is 0 Å². The van der Waals surface area contributed by atoms with Gasteiger partial charge >= 0.3 is 0 Å². The predicted octanol–water partition coefficient (Wildman–Crippen LogP) is 2.26. The van der Waals surface area contributed by atoms with Crippen molar-refractivity contribution in [2.24, 2.45) is 0 Å². The number of anilines is 1. The van der Waals surface area contributed by atoms with Crippen LogP contribution in [0.4, 0.5) is 5.69 Å². The van der Waals surface area contributed by atoms with E-state index in [-0.39, 0.29) is 5.79 Å². The third-order valence-corrected chi connectivity index (χ3v) is 4.25. The molecule has 0 aliphatic carbocycles. The highest BCUT2D eigenvalue weighted by Gasteiger charge is 2.39. The highest BCUT2D eigenvalue weighted by atomic mass is 35.5. The minimum absolute atomic E-state index is 0.304. The molecule has 1 aromatic carbocycles. The van der Waals surface area contributed by atoms with Gasteiger partial charge in [0.1, 0.15) is 0 Å². The largest absolute Gasteiger partial charge is 0.399 e. The van der Waals surface area contributed by atoms with E-state index in [4.69, 9.17) is 26.8 Å². The molecule has 1 spiro atoms. The summed E-state index contributed by atoms with van der Waals surface area (Å²) < 4.78 is 11.5. The molecule has 19 heavy (non-hydrogen) atoms. The Morgan fingerprint density at radius 2 is 1.89 bits per heavy atom. The average molecular weight is 283 g/mol. The second-order valence-corrected chi connectivity index (χ2v) is 5.64. The van der Waals surface area contributed by atoms with Gasteiger partial charge in [0.25, 0.3) is 0 Å².